The number of aromatic nitrogens is 1. The molecule has 2 heterocycles. The van der Waals surface area contributed by atoms with Gasteiger partial charge in [-0.15, -0.1) is 0 Å². The van der Waals surface area contributed by atoms with Crippen LogP contribution in [0.1, 0.15) is 25.5 Å². The first-order chi connectivity index (χ1) is 8.86. The van der Waals surface area contributed by atoms with E-state index in [1.807, 2.05) is 24.3 Å². The minimum absolute atomic E-state index is 0.291. The summed E-state index contributed by atoms with van der Waals surface area (Å²) in [5, 5.41) is 4.09. The third kappa shape index (κ3) is 2.06. The molecule has 18 heavy (non-hydrogen) atoms. The second-order valence-electron chi connectivity index (χ2n) is 4.35. The minimum atomic E-state index is 0.291. The normalized spacial score (nSPS) is 12.9. The lowest BCUT2D eigenvalue weighted by Gasteiger charge is -1.98. The van der Waals surface area contributed by atoms with Crippen LogP contribution in [0.5, 0.6) is 11.5 Å². The number of nitrogens with zero attached hydrogens (tertiary/aromatic N) is 1. The van der Waals surface area contributed by atoms with Crippen molar-refractivity contribution in [3.8, 4) is 22.8 Å². The fourth-order valence-electron chi connectivity index (χ4n) is 1.97. The zero-order chi connectivity index (χ0) is 12.4. The quantitative estimate of drug-likeness (QED) is 0.828. The van der Waals surface area contributed by atoms with E-state index < -0.39 is 0 Å². The first-order valence-corrected chi connectivity index (χ1v) is 6.22. The van der Waals surface area contributed by atoms with E-state index >= 15 is 0 Å². The number of hydrogen-bond acceptors (Lipinski definition) is 4. The molecule has 1 aromatic carbocycles. The molecule has 0 atom stereocenters. The molecule has 3 rings (SSSR count). The molecule has 1 aliphatic heterocycles. The van der Waals surface area contributed by atoms with Crippen molar-refractivity contribution in [1.29, 1.82) is 0 Å². The number of hydrogen-bond donors (Lipinski definition) is 0. The largest absolute Gasteiger partial charge is 0.454 e. The third-order valence-electron chi connectivity index (χ3n) is 3.00. The maximum atomic E-state index is 5.35. The average molecular weight is 245 g/mol. The number of rotatable bonds is 4. The van der Waals surface area contributed by atoms with Crippen molar-refractivity contribution in [2.24, 2.45) is 0 Å². The molecule has 0 bridgehead atoms. The molecule has 0 saturated heterocycles. The summed E-state index contributed by atoms with van der Waals surface area (Å²) in [4.78, 5) is 0. The molecule has 0 radical (unpaired) electrons. The maximum absolute atomic E-state index is 5.35. The van der Waals surface area contributed by atoms with Gasteiger partial charge in [-0.3, -0.25) is 0 Å². The van der Waals surface area contributed by atoms with Crippen molar-refractivity contribution < 1.29 is 14.0 Å². The van der Waals surface area contributed by atoms with Gasteiger partial charge in [-0.2, -0.15) is 0 Å². The second-order valence-corrected chi connectivity index (χ2v) is 4.35. The summed E-state index contributed by atoms with van der Waals surface area (Å²) in [6.07, 6.45) is 3.21. The van der Waals surface area contributed by atoms with E-state index in [-0.39, 0.29) is 0 Å². The van der Waals surface area contributed by atoms with E-state index in [4.69, 9.17) is 14.0 Å². The highest BCUT2D eigenvalue weighted by atomic mass is 16.7. The Morgan fingerprint density at radius 1 is 1.17 bits per heavy atom. The highest BCUT2D eigenvalue weighted by Gasteiger charge is 2.15. The zero-order valence-electron chi connectivity index (χ0n) is 10.3. The number of fused-ring (bicyclic) bond motifs is 1. The summed E-state index contributed by atoms with van der Waals surface area (Å²) in [7, 11) is 0. The zero-order valence-corrected chi connectivity index (χ0v) is 10.3. The predicted octanol–water partition coefficient (Wildman–Crippen LogP) is 3.41. The van der Waals surface area contributed by atoms with Crippen LogP contribution in [0.15, 0.2) is 28.8 Å². The first-order valence-electron chi connectivity index (χ1n) is 6.22. The molecule has 1 aliphatic rings. The highest BCUT2D eigenvalue weighted by molar-refractivity contribution is 5.64. The van der Waals surface area contributed by atoms with Gasteiger partial charge in [0.15, 0.2) is 11.5 Å². The van der Waals surface area contributed by atoms with Crippen molar-refractivity contribution in [1.82, 2.24) is 5.16 Å². The lowest BCUT2D eigenvalue weighted by molar-refractivity contribution is 0.174. The Hall–Kier alpha value is -1.97. The monoisotopic (exact) mass is 245 g/mol. The summed E-state index contributed by atoms with van der Waals surface area (Å²) in [5.41, 5.74) is 1.84. The molecular weight excluding hydrogens is 230 g/mol. The lowest BCUT2D eigenvalue weighted by Crippen LogP contribution is -1.92. The van der Waals surface area contributed by atoms with Crippen LogP contribution in [-0.4, -0.2) is 11.9 Å². The fraction of sp³-hybridized carbons (Fsp3) is 0.357. The standard InChI is InChI=1S/C14H15NO3/c1-2-3-4-11-8-12(15-18-11)10-5-6-13-14(7-10)17-9-16-13/h5-8H,2-4,9H2,1H3. The van der Waals surface area contributed by atoms with Crippen molar-refractivity contribution >= 4 is 0 Å². The van der Waals surface area contributed by atoms with E-state index in [0.717, 1.165) is 47.8 Å². The SMILES string of the molecule is CCCCc1cc(-c2ccc3c(c2)OCO3)no1. The van der Waals surface area contributed by atoms with Gasteiger partial charge >= 0.3 is 0 Å². The third-order valence-corrected chi connectivity index (χ3v) is 3.00. The van der Waals surface area contributed by atoms with E-state index in [1.54, 1.807) is 0 Å². The Bertz CT molecular complexity index is 548. The molecule has 1 aromatic heterocycles. The van der Waals surface area contributed by atoms with Crippen molar-refractivity contribution in [2.45, 2.75) is 26.2 Å². The molecule has 0 spiro atoms. The van der Waals surface area contributed by atoms with E-state index in [2.05, 4.69) is 12.1 Å². The van der Waals surface area contributed by atoms with Gasteiger partial charge in [0.2, 0.25) is 6.79 Å². The fourth-order valence-corrected chi connectivity index (χ4v) is 1.97. The molecule has 0 N–H and O–H groups in total. The molecular formula is C14H15NO3. The summed E-state index contributed by atoms with van der Waals surface area (Å²) in [5.74, 6) is 2.49. The molecule has 4 heteroatoms. The van der Waals surface area contributed by atoms with Gasteiger partial charge in [-0.25, -0.2) is 0 Å². The Morgan fingerprint density at radius 2 is 2.06 bits per heavy atom. The van der Waals surface area contributed by atoms with E-state index in [1.165, 1.54) is 0 Å². The van der Waals surface area contributed by atoms with E-state index in [9.17, 15) is 0 Å². The number of unbranched alkanes of at least 4 members (excludes halogenated alkanes) is 1. The molecule has 0 amide bonds. The molecule has 0 unspecified atom stereocenters. The summed E-state index contributed by atoms with van der Waals surface area (Å²) >= 11 is 0. The molecule has 0 saturated carbocycles. The van der Waals surface area contributed by atoms with Crippen LogP contribution in [0.3, 0.4) is 0 Å². The molecule has 0 aliphatic carbocycles. The first kappa shape index (κ1) is 11.1. The molecule has 94 valence electrons. The van der Waals surface area contributed by atoms with Crippen molar-refractivity contribution in [2.75, 3.05) is 6.79 Å². The van der Waals surface area contributed by atoms with Crippen LogP contribution in [-0.2, 0) is 6.42 Å². The number of benzene rings is 1. The Kier molecular flexibility index (Phi) is 2.92. The van der Waals surface area contributed by atoms with Crippen LogP contribution < -0.4 is 9.47 Å². The Balaban J connectivity index is 1.83. The van der Waals surface area contributed by atoms with Gasteiger partial charge in [0.1, 0.15) is 11.5 Å². The molecule has 2 aromatic rings. The van der Waals surface area contributed by atoms with Crippen LogP contribution in [0, 0.1) is 0 Å². The van der Waals surface area contributed by atoms with Gasteiger partial charge in [0.25, 0.3) is 0 Å². The van der Waals surface area contributed by atoms with Crippen LogP contribution in [0.4, 0.5) is 0 Å². The van der Waals surface area contributed by atoms with Crippen LogP contribution in [0.25, 0.3) is 11.3 Å². The lowest BCUT2D eigenvalue weighted by atomic mass is 10.1. The summed E-state index contributed by atoms with van der Waals surface area (Å²) in [6, 6.07) is 7.80. The topological polar surface area (TPSA) is 44.5 Å². The maximum Gasteiger partial charge on any atom is 0.231 e. The number of aryl methyl sites for hydroxylation is 1. The predicted molar refractivity (Wildman–Crippen MR) is 66.7 cm³/mol. The number of ether oxygens (including phenoxy) is 2. The molecule has 0 fully saturated rings. The van der Waals surface area contributed by atoms with Crippen LogP contribution >= 0.6 is 0 Å². The second kappa shape index (κ2) is 4.72. The smallest absolute Gasteiger partial charge is 0.231 e. The van der Waals surface area contributed by atoms with E-state index in [0.29, 0.717) is 6.79 Å². The Morgan fingerprint density at radius 3 is 2.94 bits per heavy atom. The summed E-state index contributed by atoms with van der Waals surface area (Å²) in [6.45, 7) is 2.45. The average Bonchev–Trinajstić information content (AvgIpc) is 3.04. The van der Waals surface area contributed by atoms with Crippen molar-refractivity contribution in [3.05, 3.63) is 30.0 Å². The minimum Gasteiger partial charge on any atom is -0.454 e. The molecule has 4 nitrogen and oxygen atoms in total. The van der Waals surface area contributed by atoms with Gasteiger partial charge in [0.05, 0.1) is 0 Å². The van der Waals surface area contributed by atoms with Crippen molar-refractivity contribution in [3.63, 3.8) is 0 Å². The van der Waals surface area contributed by atoms with Gasteiger partial charge < -0.3 is 14.0 Å². The summed E-state index contributed by atoms with van der Waals surface area (Å²) < 4.78 is 16.0. The van der Waals surface area contributed by atoms with Gasteiger partial charge in [0, 0.05) is 18.1 Å². The Labute approximate surface area is 105 Å². The highest BCUT2D eigenvalue weighted by Crippen LogP contribution is 2.35. The van der Waals surface area contributed by atoms with Crippen LogP contribution in [0.2, 0.25) is 0 Å². The van der Waals surface area contributed by atoms with Gasteiger partial charge in [-0.05, 0) is 24.6 Å². The van der Waals surface area contributed by atoms with Gasteiger partial charge in [-0.1, -0.05) is 18.5 Å².